The molecule has 1 saturated heterocycles. The van der Waals surface area contributed by atoms with Crippen molar-refractivity contribution in [2.24, 2.45) is 0 Å². The summed E-state index contributed by atoms with van der Waals surface area (Å²) in [5.74, 6) is 0.290. The minimum atomic E-state index is -4.38. The molecule has 0 unspecified atom stereocenters. The number of quaternary nitrogens is 1. The Kier molecular flexibility index (Phi) is 3.09. The average molecular weight is 247 g/mol. The molecule has 0 saturated carbocycles. The number of pyridine rings is 1. The van der Waals surface area contributed by atoms with Gasteiger partial charge in [0.15, 0.2) is 0 Å². The first kappa shape index (κ1) is 12.3. The van der Waals surface area contributed by atoms with Crippen LogP contribution in [0.25, 0.3) is 0 Å². The van der Waals surface area contributed by atoms with Gasteiger partial charge in [0, 0.05) is 25.1 Å². The molecule has 0 radical (unpaired) electrons. The Balaban J connectivity index is 2.23. The van der Waals surface area contributed by atoms with Gasteiger partial charge in [-0.3, -0.25) is 0 Å². The Bertz CT molecular complexity index is 383. The van der Waals surface area contributed by atoms with Crippen LogP contribution in [0.15, 0.2) is 18.3 Å². The van der Waals surface area contributed by atoms with Crippen LogP contribution >= 0.6 is 0 Å². The molecule has 1 aromatic rings. The molecule has 1 fully saturated rings. The second-order valence-electron chi connectivity index (χ2n) is 4.33. The van der Waals surface area contributed by atoms with Gasteiger partial charge in [-0.15, -0.1) is 4.65 Å². The van der Waals surface area contributed by atoms with E-state index < -0.39 is 11.7 Å². The molecule has 0 aliphatic carbocycles. The highest BCUT2D eigenvalue weighted by molar-refractivity contribution is 5.34. The standard InChI is InChI=1S/C11H14F3N2O/c12-11(13,14)9-4-5-10(15-8-9)16(17)6-2-1-3-7-16/h4-5,8,17H,1-3,6-7H2/q+1. The number of hydrogen-bond donors (Lipinski definition) is 1. The smallest absolute Gasteiger partial charge is 0.210 e. The lowest BCUT2D eigenvalue weighted by molar-refractivity contribution is -0.138. The summed E-state index contributed by atoms with van der Waals surface area (Å²) in [7, 11) is 0. The van der Waals surface area contributed by atoms with E-state index in [2.05, 4.69) is 4.98 Å². The normalized spacial score (nSPS) is 20.2. The zero-order valence-electron chi connectivity index (χ0n) is 9.24. The Labute approximate surface area is 97.0 Å². The van der Waals surface area contributed by atoms with Gasteiger partial charge in [-0.2, -0.15) is 13.2 Å². The number of alkyl halides is 3. The maximum absolute atomic E-state index is 12.3. The topological polar surface area (TPSA) is 33.1 Å². The molecule has 2 heterocycles. The Morgan fingerprint density at radius 3 is 2.24 bits per heavy atom. The van der Waals surface area contributed by atoms with Gasteiger partial charge in [-0.05, 0) is 12.5 Å². The SMILES string of the molecule is O[N+]1(c2ccc(C(F)(F)F)cn2)CCCCC1. The van der Waals surface area contributed by atoms with Gasteiger partial charge in [0.2, 0.25) is 0 Å². The Morgan fingerprint density at radius 1 is 1.12 bits per heavy atom. The summed E-state index contributed by atoms with van der Waals surface area (Å²) in [6.45, 7) is 1.02. The summed E-state index contributed by atoms with van der Waals surface area (Å²) < 4.78 is 36.7. The molecule has 3 nitrogen and oxygen atoms in total. The first-order chi connectivity index (χ1) is 7.92. The minimum Gasteiger partial charge on any atom is -0.210 e. The van der Waals surface area contributed by atoms with E-state index in [0.717, 1.165) is 31.5 Å². The molecule has 0 bridgehead atoms. The fourth-order valence-corrected chi connectivity index (χ4v) is 2.06. The molecular weight excluding hydrogens is 233 g/mol. The Hall–Kier alpha value is -1.14. The summed E-state index contributed by atoms with van der Waals surface area (Å²) in [6, 6.07) is 2.22. The molecule has 2 rings (SSSR count). The van der Waals surface area contributed by atoms with Crippen molar-refractivity contribution in [1.82, 2.24) is 9.63 Å². The first-order valence-electron chi connectivity index (χ1n) is 5.55. The maximum Gasteiger partial charge on any atom is 0.417 e. The van der Waals surface area contributed by atoms with Crippen LogP contribution in [0.1, 0.15) is 24.8 Å². The number of aromatic nitrogens is 1. The van der Waals surface area contributed by atoms with Crippen molar-refractivity contribution in [3.05, 3.63) is 23.9 Å². The Morgan fingerprint density at radius 2 is 1.76 bits per heavy atom. The predicted octanol–water partition coefficient (Wildman–Crippen LogP) is 2.98. The second kappa shape index (κ2) is 4.27. The van der Waals surface area contributed by atoms with Gasteiger partial charge >= 0.3 is 6.18 Å². The number of nitrogens with zero attached hydrogens (tertiary/aromatic N) is 2. The molecule has 1 aromatic heterocycles. The van der Waals surface area contributed by atoms with Crippen LogP contribution in [0.4, 0.5) is 19.0 Å². The molecule has 1 N–H and O–H groups in total. The number of rotatable bonds is 1. The van der Waals surface area contributed by atoms with E-state index in [0.29, 0.717) is 13.1 Å². The van der Waals surface area contributed by atoms with Crippen LogP contribution in [-0.2, 0) is 6.18 Å². The lowest BCUT2D eigenvalue weighted by atomic mass is 10.1. The summed E-state index contributed by atoms with van der Waals surface area (Å²) in [5, 5.41) is 10.2. The first-order valence-corrected chi connectivity index (χ1v) is 5.55. The largest absolute Gasteiger partial charge is 0.417 e. The molecule has 6 heteroatoms. The number of hydrogen-bond acceptors (Lipinski definition) is 2. The summed E-state index contributed by atoms with van der Waals surface area (Å²) in [6.07, 6.45) is -0.840. The average Bonchev–Trinajstić information content (AvgIpc) is 2.29. The van der Waals surface area contributed by atoms with E-state index >= 15 is 0 Å². The van der Waals surface area contributed by atoms with Crippen molar-refractivity contribution in [2.45, 2.75) is 25.4 Å². The van der Waals surface area contributed by atoms with Gasteiger partial charge < -0.3 is 0 Å². The van der Waals surface area contributed by atoms with Crippen molar-refractivity contribution in [3.63, 3.8) is 0 Å². The number of halogens is 3. The van der Waals surface area contributed by atoms with Gasteiger partial charge in [0.05, 0.1) is 5.56 Å². The lowest BCUT2D eigenvalue weighted by Gasteiger charge is -2.31. The van der Waals surface area contributed by atoms with E-state index in [-0.39, 0.29) is 10.5 Å². The number of hydroxylamine groups is 2. The monoisotopic (exact) mass is 247 g/mol. The zero-order chi connectivity index (χ0) is 12.5. The molecule has 1 aliphatic heterocycles. The predicted molar refractivity (Wildman–Crippen MR) is 56.4 cm³/mol. The van der Waals surface area contributed by atoms with Crippen molar-refractivity contribution in [1.29, 1.82) is 0 Å². The zero-order valence-corrected chi connectivity index (χ0v) is 9.24. The molecule has 17 heavy (non-hydrogen) atoms. The van der Waals surface area contributed by atoms with Crippen molar-refractivity contribution < 1.29 is 18.4 Å². The third-order valence-electron chi connectivity index (χ3n) is 3.06. The quantitative estimate of drug-likeness (QED) is 0.774. The van der Waals surface area contributed by atoms with Crippen LogP contribution in [0, 0.1) is 0 Å². The molecule has 0 atom stereocenters. The van der Waals surface area contributed by atoms with Gasteiger partial charge in [-0.1, -0.05) is 0 Å². The van der Waals surface area contributed by atoms with Crippen LogP contribution in [0.5, 0.6) is 0 Å². The molecule has 0 aromatic carbocycles. The lowest BCUT2D eigenvalue weighted by Crippen LogP contribution is -2.50. The van der Waals surface area contributed by atoms with Gasteiger partial charge in [0.1, 0.15) is 13.1 Å². The summed E-state index contributed by atoms with van der Waals surface area (Å²) in [4.78, 5) is 3.74. The third-order valence-corrected chi connectivity index (χ3v) is 3.06. The van der Waals surface area contributed by atoms with Crippen LogP contribution < -0.4 is 4.65 Å². The van der Waals surface area contributed by atoms with Gasteiger partial charge in [0.25, 0.3) is 5.82 Å². The van der Waals surface area contributed by atoms with Crippen molar-refractivity contribution in [3.8, 4) is 0 Å². The highest BCUT2D eigenvalue weighted by atomic mass is 19.4. The third kappa shape index (κ3) is 2.58. The fraction of sp³-hybridized carbons (Fsp3) is 0.545. The van der Waals surface area contributed by atoms with Crippen LogP contribution in [-0.4, -0.2) is 23.3 Å². The number of piperidine rings is 1. The molecule has 94 valence electrons. The molecule has 0 spiro atoms. The van der Waals surface area contributed by atoms with E-state index in [1.165, 1.54) is 6.07 Å². The summed E-state index contributed by atoms with van der Waals surface area (Å²) >= 11 is 0. The minimum absolute atomic E-state index is 0.290. The highest BCUT2D eigenvalue weighted by Gasteiger charge is 2.35. The summed E-state index contributed by atoms with van der Waals surface area (Å²) in [5.41, 5.74) is -0.787. The van der Waals surface area contributed by atoms with E-state index in [4.69, 9.17) is 0 Å². The fourth-order valence-electron chi connectivity index (χ4n) is 2.06. The van der Waals surface area contributed by atoms with Gasteiger partial charge in [-0.25, -0.2) is 10.2 Å². The van der Waals surface area contributed by atoms with E-state index in [1.807, 2.05) is 0 Å². The van der Waals surface area contributed by atoms with Crippen molar-refractivity contribution >= 4 is 5.82 Å². The highest BCUT2D eigenvalue weighted by Crippen LogP contribution is 2.31. The van der Waals surface area contributed by atoms with Crippen LogP contribution in [0.2, 0.25) is 0 Å². The molecule has 1 aliphatic rings. The van der Waals surface area contributed by atoms with E-state index in [9.17, 15) is 18.4 Å². The maximum atomic E-state index is 12.3. The van der Waals surface area contributed by atoms with E-state index in [1.54, 1.807) is 0 Å². The van der Waals surface area contributed by atoms with Crippen molar-refractivity contribution in [2.75, 3.05) is 13.1 Å². The molecule has 0 amide bonds. The van der Waals surface area contributed by atoms with Crippen LogP contribution in [0.3, 0.4) is 0 Å². The molecular formula is C11H14F3N2O+. The second-order valence-corrected chi connectivity index (χ2v) is 4.33.